The van der Waals surface area contributed by atoms with Crippen molar-refractivity contribution in [3.8, 4) is 0 Å². The Morgan fingerprint density at radius 2 is 2.09 bits per heavy atom. The number of carbonyl (C=O) groups excluding carboxylic acids is 1. The Hall–Kier alpha value is -1.40. The van der Waals surface area contributed by atoms with Crippen LogP contribution in [-0.4, -0.2) is 48.1 Å². The van der Waals surface area contributed by atoms with E-state index >= 15 is 0 Å². The number of carbonyl (C=O) groups is 1. The molecule has 0 aromatic carbocycles. The van der Waals surface area contributed by atoms with Gasteiger partial charge in [-0.1, -0.05) is 0 Å². The van der Waals surface area contributed by atoms with Crippen LogP contribution in [0.4, 0.5) is 0 Å². The zero-order valence-corrected chi connectivity index (χ0v) is 14.7. The Balaban J connectivity index is 1.64. The van der Waals surface area contributed by atoms with Crippen LogP contribution in [0.3, 0.4) is 0 Å². The van der Waals surface area contributed by atoms with E-state index in [0.29, 0.717) is 5.92 Å². The number of nitrogens with one attached hydrogen (secondary N) is 1. The van der Waals surface area contributed by atoms with Crippen molar-refractivity contribution < 1.29 is 13.9 Å². The number of piperidine rings is 1. The minimum absolute atomic E-state index is 0.0214. The Labute approximate surface area is 138 Å². The van der Waals surface area contributed by atoms with E-state index in [1.807, 2.05) is 27.7 Å². The van der Waals surface area contributed by atoms with Crippen molar-refractivity contribution in [3.63, 3.8) is 0 Å². The van der Waals surface area contributed by atoms with Crippen molar-refractivity contribution in [2.24, 2.45) is 5.92 Å². The highest BCUT2D eigenvalue weighted by atomic mass is 16.5. The zero-order chi connectivity index (χ0) is 16.8. The van der Waals surface area contributed by atoms with Gasteiger partial charge < -0.3 is 14.5 Å². The lowest BCUT2D eigenvalue weighted by molar-refractivity contribution is -0.127. The summed E-state index contributed by atoms with van der Waals surface area (Å²) < 4.78 is 10.9. The van der Waals surface area contributed by atoms with E-state index < -0.39 is 0 Å². The number of ether oxygens (including phenoxy) is 1. The molecule has 130 valence electrons. The number of rotatable bonds is 7. The first-order valence-electron chi connectivity index (χ1n) is 8.47. The summed E-state index contributed by atoms with van der Waals surface area (Å²) in [4.78, 5) is 18.5. The van der Waals surface area contributed by atoms with E-state index in [4.69, 9.17) is 9.15 Å². The number of likely N-dealkylation sites (tertiary alicyclic amines) is 1. The van der Waals surface area contributed by atoms with Crippen LogP contribution in [0.15, 0.2) is 4.42 Å². The van der Waals surface area contributed by atoms with Crippen molar-refractivity contribution in [1.29, 1.82) is 0 Å². The molecule has 1 fully saturated rings. The summed E-state index contributed by atoms with van der Waals surface area (Å²) in [7, 11) is 0. The number of nitrogens with zero attached hydrogens (tertiary/aromatic N) is 2. The molecule has 0 radical (unpaired) electrons. The summed E-state index contributed by atoms with van der Waals surface area (Å²) in [6, 6.07) is 0. The molecule has 0 aliphatic carbocycles. The van der Waals surface area contributed by atoms with E-state index in [1.54, 1.807) is 0 Å². The third-order valence-corrected chi connectivity index (χ3v) is 4.27. The second-order valence-electron chi connectivity index (χ2n) is 6.63. The fraction of sp³-hybridized carbons (Fsp3) is 0.765. The molecule has 1 aliphatic rings. The maximum atomic E-state index is 11.7. The SMILES string of the molecule is Cc1nc(CN2CCC(CNC(=O)COC(C)C)CC2)oc1C. The van der Waals surface area contributed by atoms with Gasteiger partial charge in [0.05, 0.1) is 18.3 Å². The van der Waals surface area contributed by atoms with Gasteiger partial charge in [0.1, 0.15) is 12.4 Å². The van der Waals surface area contributed by atoms with Crippen LogP contribution in [0.25, 0.3) is 0 Å². The lowest BCUT2D eigenvalue weighted by atomic mass is 9.97. The molecule has 1 N–H and O–H groups in total. The van der Waals surface area contributed by atoms with Crippen LogP contribution >= 0.6 is 0 Å². The summed E-state index contributed by atoms with van der Waals surface area (Å²) in [5.41, 5.74) is 0.973. The zero-order valence-electron chi connectivity index (χ0n) is 14.7. The molecule has 1 aromatic heterocycles. The van der Waals surface area contributed by atoms with Gasteiger partial charge in [-0.15, -0.1) is 0 Å². The Morgan fingerprint density at radius 1 is 1.39 bits per heavy atom. The molecule has 1 aliphatic heterocycles. The maximum absolute atomic E-state index is 11.7. The van der Waals surface area contributed by atoms with E-state index in [-0.39, 0.29) is 18.6 Å². The fourth-order valence-electron chi connectivity index (χ4n) is 2.70. The highest BCUT2D eigenvalue weighted by molar-refractivity contribution is 5.77. The molecule has 6 heteroatoms. The second-order valence-corrected chi connectivity index (χ2v) is 6.63. The Bertz CT molecular complexity index is 486. The molecule has 2 heterocycles. The molecule has 2 rings (SSSR count). The smallest absolute Gasteiger partial charge is 0.246 e. The van der Waals surface area contributed by atoms with Gasteiger partial charge in [0, 0.05) is 6.54 Å². The average Bonchev–Trinajstić information content (AvgIpc) is 2.82. The molecule has 0 atom stereocenters. The highest BCUT2D eigenvalue weighted by Gasteiger charge is 2.21. The van der Waals surface area contributed by atoms with Crippen LogP contribution in [0.1, 0.15) is 44.0 Å². The molecule has 1 saturated heterocycles. The van der Waals surface area contributed by atoms with Gasteiger partial charge in [-0.05, 0) is 59.5 Å². The number of amides is 1. The summed E-state index contributed by atoms with van der Waals surface area (Å²) in [6.07, 6.45) is 2.26. The van der Waals surface area contributed by atoms with Crippen LogP contribution in [0, 0.1) is 19.8 Å². The third-order valence-electron chi connectivity index (χ3n) is 4.27. The van der Waals surface area contributed by atoms with Crippen molar-refractivity contribution in [2.45, 2.75) is 53.2 Å². The summed E-state index contributed by atoms with van der Waals surface area (Å²) in [5.74, 6) is 2.23. The number of aryl methyl sites for hydroxylation is 2. The van der Waals surface area contributed by atoms with Gasteiger partial charge in [-0.2, -0.15) is 0 Å². The predicted octanol–water partition coefficient (Wildman–Crippen LogP) is 2.04. The highest BCUT2D eigenvalue weighted by Crippen LogP contribution is 2.19. The minimum atomic E-state index is -0.0214. The standard InChI is InChI=1S/C17H29N3O3/c1-12(2)22-11-16(21)18-9-15-5-7-20(8-6-15)10-17-19-13(3)14(4)23-17/h12,15H,5-11H2,1-4H3,(H,18,21). The van der Waals surface area contributed by atoms with Gasteiger partial charge in [0.25, 0.3) is 0 Å². The lowest BCUT2D eigenvalue weighted by Gasteiger charge is -2.31. The first-order chi connectivity index (χ1) is 10.9. The minimum Gasteiger partial charge on any atom is -0.444 e. The number of aromatic nitrogens is 1. The second kappa shape index (κ2) is 8.45. The van der Waals surface area contributed by atoms with Crippen molar-refractivity contribution in [3.05, 3.63) is 17.3 Å². The van der Waals surface area contributed by atoms with E-state index in [1.165, 1.54) is 0 Å². The largest absolute Gasteiger partial charge is 0.444 e. The van der Waals surface area contributed by atoms with Gasteiger partial charge >= 0.3 is 0 Å². The molecular formula is C17H29N3O3. The van der Waals surface area contributed by atoms with Crippen LogP contribution in [0.2, 0.25) is 0 Å². The quantitative estimate of drug-likeness (QED) is 0.832. The van der Waals surface area contributed by atoms with Gasteiger partial charge in [0.2, 0.25) is 11.8 Å². The van der Waals surface area contributed by atoms with Crippen LogP contribution < -0.4 is 5.32 Å². The molecule has 1 amide bonds. The summed E-state index contributed by atoms with van der Waals surface area (Å²) in [6.45, 7) is 11.5. The topological polar surface area (TPSA) is 67.6 Å². The first-order valence-corrected chi connectivity index (χ1v) is 8.47. The molecule has 0 spiro atoms. The molecule has 6 nitrogen and oxygen atoms in total. The van der Waals surface area contributed by atoms with Gasteiger partial charge in [-0.3, -0.25) is 9.69 Å². The first kappa shape index (κ1) is 17.9. The molecule has 0 saturated carbocycles. The maximum Gasteiger partial charge on any atom is 0.246 e. The number of hydrogen-bond acceptors (Lipinski definition) is 5. The van der Waals surface area contributed by atoms with E-state index in [9.17, 15) is 4.79 Å². The Kier molecular flexibility index (Phi) is 6.59. The normalized spacial score (nSPS) is 16.9. The number of hydrogen-bond donors (Lipinski definition) is 1. The fourth-order valence-corrected chi connectivity index (χ4v) is 2.70. The summed E-state index contributed by atoms with van der Waals surface area (Å²) >= 11 is 0. The van der Waals surface area contributed by atoms with Crippen molar-refractivity contribution >= 4 is 5.91 Å². The number of oxazole rings is 1. The van der Waals surface area contributed by atoms with Gasteiger partial charge in [0.15, 0.2) is 0 Å². The molecule has 1 aromatic rings. The molecule has 0 bridgehead atoms. The lowest BCUT2D eigenvalue weighted by Crippen LogP contribution is -2.39. The van der Waals surface area contributed by atoms with Crippen molar-refractivity contribution in [2.75, 3.05) is 26.2 Å². The molecule has 0 unspecified atom stereocenters. The monoisotopic (exact) mass is 323 g/mol. The average molecular weight is 323 g/mol. The Morgan fingerprint density at radius 3 is 2.65 bits per heavy atom. The predicted molar refractivity (Wildman–Crippen MR) is 88.1 cm³/mol. The third kappa shape index (κ3) is 5.95. The summed E-state index contributed by atoms with van der Waals surface area (Å²) in [5, 5.41) is 2.97. The van der Waals surface area contributed by atoms with Crippen LogP contribution in [-0.2, 0) is 16.1 Å². The van der Waals surface area contributed by atoms with E-state index in [0.717, 1.165) is 56.4 Å². The van der Waals surface area contributed by atoms with E-state index in [2.05, 4.69) is 15.2 Å². The van der Waals surface area contributed by atoms with Gasteiger partial charge in [-0.25, -0.2) is 4.98 Å². The molecule has 23 heavy (non-hydrogen) atoms. The van der Waals surface area contributed by atoms with Crippen molar-refractivity contribution in [1.82, 2.24) is 15.2 Å². The molecular weight excluding hydrogens is 294 g/mol. The van der Waals surface area contributed by atoms with Crippen LogP contribution in [0.5, 0.6) is 0 Å².